The number of benzene rings is 1. The topological polar surface area (TPSA) is 78.4 Å². The lowest BCUT2D eigenvalue weighted by molar-refractivity contribution is -0.142. The highest BCUT2D eigenvalue weighted by Crippen LogP contribution is 2.08. The third-order valence-electron chi connectivity index (χ3n) is 3.52. The molecule has 0 radical (unpaired) electrons. The molecule has 0 saturated carbocycles. The van der Waals surface area contributed by atoms with Crippen molar-refractivity contribution in [3.8, 4) is 0 Å². The van der Waals surface area contributed by atoms with Crippen molar-refractivity contribution in [2.45, 2.75) is 37.8 Å². The van der Waals surface area contributed by atoms with Crippen LogP contribution >= 0.6 is 0 Å². The van der Waals surface area contributed by atoms with Gasteiger partial charge in [0.2, 0.25) is 5.91 Å². The summed E-state index contributed by atoms with van der Waals surface area (Å²) >= 11 is 0. The van der Waals surface area contributed by atoms with Gasteiger partial charge in [0.25, 0.3) is 0 Å². The number of rotatable bonds is 5. The Morgan fingerprint density at radius 3 is 2.65 bits per heavy atom. The minimum atomic E-state index is -1.00. The van der Waals surface area contributed by atoms with Crippen molar-refractivity contribution >= 4 is 11.9 Å². The van der Waals surface area contributed by atoms with Gasteiger partial charge >= 0.3 is 5.97 Å². The maximum atomic E-state index is 12.1. The van der Waals surface area contributed by atoms with Gasteiger partial charge in [-0.1, -0.05) is 36.8 Å². The Balaban J connectivity index is 1.95. The van der Waals surface area contributed by atoms with Gasteiger partial charge in [0.15, 0.2) is 0 Å². The van der Waals surface area contributed by atoms with Gasteiger partial charge in [0.05, 0.1) is 6.04 Å². The smallest absolute Gasteiger partial charge is 0.326 e. The van der Waals surface area contributed by atoms with Gasteiger partial charge in [-0.05, 0) is 24.9 Å². The Bertz CT molecular complexity index is 455. The Kier molecular flexibility index (Phi) is 5.12. The molecule has 1 aliphatic heterocycles. The molecule has 2 atom stereocenters. The molecule has 5 nitrogen and oxygen atoms in total. The van der Waals surface area contributed by atoms with E-state index < -0.39 is 12.0 Å². The second-order valence-corrected chi connectivity index (χ2v) is 5.09. The maximum Gasteiger partial charge on any atom is 0.326 e. The summed E-state index contributed by atoms with van der Waals surface area (Å²) in [4.78, 5) is 23.4. The van der Waals surface area contributed by atoms with Gasteiger partial charge in [-0.2, -0.15) is 0 Å². The number of amides is 1. The van der Waals surface area contributed by atoms with Crippen LogP contribution in [0, 0.1) is 0 Å². The van der Waals surface area contributed by atoms with Crippen molar-refractivity contribution in [2.75, 3.05) is 6.54 Å². The number of carbonyl (C=O) groups is 2. The van der Waals surface area contributed by atoms with Crippen molar-refractivity contribution in [3.63, 3.8) is 0 Å². The van der Waals surface area contributed by atoms with Crippen LogP contribution < -0.4 is 10.6 Å². The Morgan fingerprint density at radius 1 is 1.30 bits per heavy atom. The number of hydrogen-bond donors (Lipinski definition) is 3. The lowest BCUT2D eigenvalue weighted by Crippen LogP contribution is -2.52. The molecule has 1 saturated heterocycles. The molecule has 1 aromatic carbocycles. The number of aliphatic carboxylic acids is 1. The van der Waals surface area contributed by atoms with E-state index in [1.54, 1.807) is 0 Å². The van der Waals surface area contributed by atoms with E-state index in [1.165, 1.54) is 0 Å². The molecule has 1 fully saturated rings. The molecule has 2 rings (SSSR count). The first kappa shape index (κ1) is 14.5. The van der Waals surface area contributed by atoms with Gasteiger partial charge in [0, 0.05) is 6.42 Å². The SMILES string of the molecule is O=C(N[C@H](Cc1ccccc1)C(=O)O)C1CCCCN1. The second kappa shape index (κ2) is 7.05. The van der Waals surface area contributed by atoms with E-state index in [0.29, 0.717) is 6.42 Å². The summed E-state index contributed by atoms with van der Waals surface area (Å²) in [6, 6.07) is 8.18. The van der Waals surface area contributed by atoms with Crippen molar-refractivity contribution in [1.29, 1.82) is 0 Å². The van der Waals surface area contributed by atoms with Crippen LogP contribution in [-0.2, 0) is 16.0 Å². The molecule has 1 aromatic rings. The van der Waals surface area contributed by atoms with Gasteiger partial charge in [-0.3, -0.25) is 4.79 Å². The number of nitrogens with one attached hydrogen (secondary N) is 2. The third-order valence-corrected chi connectivity index (χ3v) is 3.52. The molecule has 0 spiro atoms. The highest BCUT2D eigenvalue weighted by molar-refractivity contribution is 5.87. The zero-order valence-corrected chi connectivity index (χ0v) is 11.3. The van der Waals surface area contributed by atoms with Gasteiger partial charge < -0.3 is 15.7 Å². The average Bonchev–Trinajstić information content (AvgIpc) is 2.48. The highest BCUT2D eigenvalue weighted by atomic mass is 16.4. The molecule has 1 aliphatic rings. The van der Waals surface area contributed by atoms with Crippen LogP contribution in [0.1, 0.15) is 24.8 Å². The number of hydrogen-bond acceptors (Lipinski definition) is 3. The van der Waals surface area contributed by atoms with Crippen LogP contribution in [-0.4, -0.2) is 35.6 Å². The fraction of sp³-hybridized carbons (Fsp3) is 0.467. The molecule has 0 aromatic heterocycles. The number of piperidine rings is 1. The second-order valence-electron chi connectivity index (χ2n) is 5.09. The largest absolute Gasteiger partial charge is 0.480 e. The fourth-order valence-electron chi connectivity index (χ4n) is 2.40. The Labute approximate surface area is 118 Å². The average molecular weight is 276 g/mol. The minimum absolute atomic E-state index is 0.215. The summed E-state index contributed by atoms with van der Waals surface area (Å²) in [7, 11) is 0. The third kappa shape index (κ3) is 4.06. The predicted molar refractivity (Wildman–Crippen MR) is 75.4 cm³/mol. The molecule has 5 heteroatoms. The van der Waals surface area contributed by atoms with Crippen molar-refractivity contribution < 1.29 is 14.7 Å². The fourth-order valence-corrected chi connectivity index (χ4v) is 2.40. The van der Waals surface area contributed by atoms with E-state index in [4.69, 9.17) is 0 Å². The van der Waals surface area contributed by atoms with Gasteiger partial charge in [-0.25, -0.2) is 4.79 Å². The van der Waals surface area contributed by atoms with E-state index in [-0.39, 0.29) is 11.9 Å². The summed E-state index contributed by atoms with van der Waals surface area (Å²) in [5.74, 6) is -1.22. The van der Waals surface area contributed by atoms with Crippen molar-refractivity contribution in [2.24, 2.45) is 0 Å². The summed E-state index contributed by atoms with van der Waals surface area (Å²) in [5.41, 5.74) is 0.900. The van der Waals surface area contributed by atoms with Crippen LogP contribution in [0.5, 0.6) is 0 Å². The summed E-state index contributed by atoms with van der Waals surface area (Å²) in [6.07, 6.45) is 3.13. The number of carboxylic acids is 1. The monoisotopic (exact) mass is 276 g/mol. The predicted octanol–water partition coefficient (Wildman–Crippen LogP) is 0.941. The maximum absolute atomic E-state index is 12.1. The summed E-state index contributed by atoms with van der Waals surface area (Å²) in [5, 5.41) is 15.0. The van der Waals surface area contributed by atoms with Gasteiger partial charge in [-0.15, -0.1) is 0 Å². The zero-order valence-electron chi connectivity index (χ0n) is 11.3. The standard InChI is InChI=1S/C15H20N2O3/c18-14(12-8-4-5-9-16-12)17-13(15(19)20)10-11-6-2-1-3-7-11/h1-3,6-7,12-13,16H,4-5,8-10H2,(H,17,18)(H,19,20)/t12?,13-/m1/s1. The van der Waals surface area contributed by atoms with Crippen molar-refractivity contribution in [3.05, 3.63) is 35.9 Å². The molecule has 20 heavy (non-hydrogen) atoms. The Morgan fingerprint density at radius 2 is 2.05 bits per heavy atom. The van der Waals surface area contributed by atoms with Crippen LogP contribution in [0.25, 0.3) is 0 Å². The molecule has 0 aliphatic carbocycles. The molecule has 0 bridgehead atoms. The van der Waals surface area contributed by atoms with E-state index in [9.17, 15) is 14.7 Å². The van der Waals surface area contributed by atoms with E-state index in [0.717, 1.165) is 31.4 Å². The van der Waals surface area contributed by atoms with E-state index in [2.05, 4.69) is 10.6 Å². The quantitative estimate of drug-likeness (QED) is 0.748. The molecule has 3 N–H and O–H groups in total. The first-order valence-electron chi connectivity index (χ1n) is 6.97. The zero-order chi connectivity index (χ0) is 14.4. The number of carbonyl (C=O) groups excluding carboxylic acids is 1. The first-order chi connectivity index (χ1) is 9.66. The van der Waals surface area contributed by atoms with Crippen LogP contribution in [0.2, 0.25) is 0 Å². The minimum Gasteiger partial charge on any atom is -0.480 e. The van der Waals surface area contributed by atoms with E-state index >= 15 is 0 Å². The molecule has 108 valence electrons. The van der Waals surface area contributed by atoms with Crippen LogP contribution in [0.15, 0.2) is 30.3 Å². The molecular formula is C15H20N2O3. The lowest BCUT2D eigenvalue weighted by atomic mass is 10.0. The first-order valence-corrected chi connectivity index (χ1v) is 6.97. The summed E-state index contributed by atoms with van der Waals surface area (Å²) in [6.45, 7) is 0.814. The Hall–Kier alpha value is -1.88. The summed E-state index contributed by atoms with van der Waals surface area (Å²) < 4.78 is 0. The number of carboxylic acid groups (broad SMARTS) is 1. The lowest BCUT2D eigenvalue weighted by Gasteiger charge is -2.24. The highest BCUT2D eigenvalue weighted by Gasteiger charge is 2.26. The van der Waals surface area contributed by atoms with Gasteiger partial charge in [0.1, 0.15) is 6.04 Å². The van der Waals surface area contributed by atoms with Crippen LogP contribution in [0.3, 0.4) is 0 Å². The van der Waals surface area contributed by atoms with E-state index in [1.807, 2.05) is 30.3 Å². The van der Waals surface area contributed by atoms with Crippen molar-refractivity contribution in [1.82, 2.24) is 10.6 Å². The molecule has 1 amide bonds. The molecule has 1 heterocycles. The van der Waals surface area contributed by atoms with Crippen LogP contribution in [0.4, 0.5) is 0 Å². The normalized spacial score (nSPS) is 20.1. The molecule has 1 unspecified atom stereocenters. The molecular weight excluding hydrogens is 256 g/mol.